The lowest BCUT2D eigenvalue weighted by Gasteiger charge is -2.12. The van der Waals surface area contributed by atoms with Gasteiger partial charge < -0.3 is 10.8 Å². The highest BCUT2D eigenvalue weighted by Crippen LogP contribution is 2.33. The molecule has 1 atom stereocenters. The molecule has 0 bridgehead atoms. The largest absolute Gasteiger partial charge is 0.480 e. The summed E-state index contributed by atoms with van der Waals surface area (Å²) in [4.78, 5) is 12.0. The van der Waals surface area contributed by atoms with E-state index in [-0.39, 0.29) is 0 Å². The molecule has 0 spiro atoms. The summed E-state index contributed by atoms with van der Waals surface area (Å²) in [7, 11) is 0. The fourth-order valence-corrected chi connectivity index (χ4v) is 3.08. The van der Waals surface area contributed by atoms with E-state index in [1.807, 2.05) is 6.07 Å². The van der Waals surface area contributed by atoms with Gasteiger partial charge in [-0.15, -0.1) is 11.8 Å². The van der Waals surface area contributed by atoms with Crippen molar-refractivity contribution in [3.63, 3.8) is 0 Å². The number of hydrogen-bond acceptors (Lipinski definition) is 3. The number of hydrogen-bond donors (Lipinski definition) is 2. The minimum atomic E-state index is -0.757. The second-order valence-electron chi connectivity index (χ2n) is 3.78. The summed E-state index contributed by atoms with van der Waals surface area (Å²) >= 11 is 4.77. The van der Waals surface area contributed by atoms with Crippen LogP contribution in [0.25, 0.3) is 0 Å². The molecule has 0 aromatic heterocycles. The molecule has 0 aliphatic carbocycles. The monoisotopic (exact) mass is 317 g/mol. The number of carboxylic acid groups (broad SMARTS) is 1. The number of benzene rings is 1. The van der Waals surface area contributed by atoms with Crippen molar-refractivity contribution in [3.05, 3.63) is 22.7 Å². The molecule has 1 aromatic carbocycles. The molecule has 3 N–H and O–H groups in total. The number of halogens is 1. The van der Waals surface area contributed by atoms with Crippen molar-refractivity contribution in [3.8, 4) is 0 Å². The summed E-state index contributed by atoms with van der Waals surface area (Å²) in [5.41, 5.74) is 6.31. The van der Waals surface area contributed by atoms with Gasteiger partial charge in [-0.2, -0.15) is 0 Å². The van der Waals surface area contributed by atoms with Gasteiger partial charge in [0.05, 0.1) is 0 Å². The summed E-state index contributed by atoms with van der Waals surface area (Å²) in [6.07, 6.45) is 2.62. The number of nitrogen functional groups attached to an aromatic ring is 1. The lowest BCUT2D eigenvalue weighted by molar-refractivity contribution is -0.136. The second kappa shape index (κ2) is 6.91. The maximum absolute atomic E-state index is 11.1. The molecule has 1 rings (SSSR count). The molecule has 94 valence electrons. The van der Waals surface area contributed by atoms with Gasteiger partial charge in [0.2, 0.25) is 0 Å². The lowest BCUT2D eigenvalue weighted by atomic mass is 10.2. The predicted molar refractivity (Wildman–Crippen MR) is 75.4 cm³/mol. The third kappa shape index (κ3) is 4.60. The first-order valence-electron chi connectivity index (χ1n) is 5.49. The Balaban J connectivity index is 2.75. The maximum Gasteiger partial charge on any atom is 0.316 e. The maximum atomic E-state index is 11.1. The van der Waals surface area contributed by atoms with Crippen molar-refractivity contribution in [1.82, 2.24) is 0 Å². The normalized spacial score (nSPS) is 12.4. The topological polar surface area (TPSA) is 63.3 Å². The summed E-state index contributed by atoms with van der Waals surface area (Å²) in [6.45, 7) is 2.06. The molecule has 0 fully saturated rings. The number of carboxylic acids is 1. The van der Waals surface area contributed by atoms with E-state index in [9.17, 15) is 4.79 Å². The van der Waals surface area contributed by atoms with Gasteiger partial charge in [0.15, 0.2) is 0 Å². The van der Waals surface area contributed by atoms with Crippen molar-refractivity contribution in [2.45, 2.75) is 36.3 Å². The Kier molecular flexibility index (Phi) is 5.85. The summed E-state index contributed by atoms with van der Waals surface area (Å²) in [5.74, 6) is -0.757. The molecule has 0 aliphatic heterocycles. The highest BCUT2D eigenvalue weighted by Gasteiger charge is 2.19. The van der Waals surface area contributed by atoms with Gasteiger partial charge in [0, 0.05) is 15.1 Å². The van der Waals surface area contributed by atoms with Gasteiger partial charge in [-0.25, -0.2) is 0 Å². The standard InChI is InChI=1S/C12H16BrNO2S/c1-2-3-4-11(12(15)16)17-10-6-5-8(14)7-9(10)13/h5-7,11H,2-4,14H2,1H3,(H,15,16). The molecular weight excluding hydrogens is 302 g/mol. The fourth-order valence-electron chi connectivity index (χ4n) is 1.39. The Morgan fingerprint density at radius 1 is 1.59 bits per heavy atom. The van der Waals surface area contributed by atoms with Crippen LogP contribution in [0, 0.1) is 0 Å². The van der Waals surface area contributed by atoms with Crippen LogP contribution in [0.4, 0.5) is 5.69 Å². The molecule has 1 unspecified atom stereocenters. The van der Waals surface area contributed by atoms with Crippen LogP contribution in [0.2, 0.25) is 0 Å². The fraction of sp³-hybridized carbons (Fsp3) is 0.417. The number of aliphatic carboxylic acids is 1. The van der Waals surface area contributed by atoms with Crippen LogP contribution in [-0.2, 0) is 4.79 Å². The van der Waals surface area contributed by atoms with Gasteiger partial charge in [0.1, 0.15) is 5.25 Å². The zero-order valence-electron chi connectivity index (χ0n) is 9.65. The molecular formula is C12H16BrNO2S. The number of nitrogens with two attached hydrogens (primary N) is 1. The zero-order chi connectivity index (χ0) is 12.8. The third-order valence-corrected chi connectivity index (χ3v) is 4.57. The van der Waals surface area contributed by atoms with Gasteiger partial charge in [-0.05, 0) is 40.5 Å². The second-order valence-corrected chi connectivity index (χ2v) is 5.88. The van der Waals surface area contributed by atoms with Crippen molar-refractivity contribution in [2.75, 3.05) is 5.73 Å². The zero-order valence-corrected chi connectivity index (χ0v) is 12.1. The smallest absolute Gasteiger partial charge is 0.316 e. The first-order valence-corrected chi connectivity index (χ1v) is 7.16. The summed E-state index contributed by atoms with van der Waals surface area (Å²) in [6, 6.07) is 5.43. The van der Waals surface area contributed by atoms with Crippen LogP contribution < -0.4 is 5.73 Å². The van der Waals surface area contributed by atoms with Crippen LogP contribution in [-0.4, -0.2) is 16.3 Å². The van der Waals surface area contributed by atoms with Crippen molar-refractivity contribution in [2.24, 2.45) is 0 Å². The Hall–Kier alpha value is -0.680. The Labute approximate surface area is 114 Å². The Bertz CT molecular complexity index is 398. The molecule has 0 amide bonds. The SMILES string of the molecule is CCCCC(Sc1ccc(N)cc1Br)C(=O)O. The van der Waals surface area contributed by atoms with Crippen molar-refractivity contribution in [1.29, 1.82) is 0 Å². The molecule has 17 heavy (non-hydrogen) atoms. The highest BCUT2D eigenvalue weighted by molar-refractivity contribution is 9.10. The molecule has 0 saturated carbocycles. The van der Waals surface area contributed by atoms with E-state index in [1.54, 1.807) is 12.1 Å². The van der Waals surface area contributed by atoms with Gasteiger partial charge in [0.25, 0.3) is 0 Å². The third-order valence-electron chi connectivity index (χ3n) is 2.32. The van der Waals surface area contributed by atoms with Crippen molar-refractivity contribution < 1.29 is 9.90 Å². The summed E-state index contributed by atoms with van der Waals surface area (Å²) < 4.78 is 0.852. The van der Waals surface area contributed by atoms with Gasteiger partial charge in [-0.1, -0.05) is 19.8 Å². The van der Waals surface area contributed by atoms with E-state index in [0.717, 1.165) is 22.2 Å². The predicted octanol–water partition coefficient (Wildman–Crippen LogP) is 3.77. The Morgan fingerprint density at radius 2 is 2.29 bits per heavy atom. The van der Waals surface area contributed by atoms with E-state index in [0.29, 0.717) is 12.1 Å². The van der Waals surface area contributed by atoms with Crippen LogP contribution >= 0.6 is 27.7 Å². The van der Waals surface area contributed by atoms with E-state index in [2.05, 4.69) is 22.9 Å². The minimum Gasteiger partial charge on any atom is -0.480 e. The van der Waals surface area contributed by atoms with E-state index in [4.69, 9.17) is 10.8 Å². The van der Waals surface area contributed by atoms with Gasteiger partial charge >= 0.3 is 5.97 Å². The van der Waals surface area contributed by atoms with Gasteiger partial charge in [-0.3, -0.25) is 4.79 Å². The number of anilines is 1. The van der Waals surface area contributed by atoms with E-state index in [1.165, 1.54) is 11.8 Å². The first kappa shape index (κ1) is 14.4. The van der Waals surface area contributed by atoms with Crippen molar-refractivity contribution >= 4 is 39.3 Å². The molecule has 5 heteroatoms. The molecule has 3 nitrogen and oxygen atoms in total. The van der Waals surface area contributed by atoms with Crippen LogP contribution in [0.5, 0.6) is 0 Å². The number of thioether (sulfide) groups is 1. The molecule has 0 heterocycles. The lowest BCUT2D eigenvalue weighted by Crippen LogP contribution is -2.16. The molecule has 1 aromatic rings. The van der Waals surface area contributed by atoms with Crippen LogP contribution in [0.1, 0.15) is 26.2 Å². The minimum absolute atomic E-state index is 0.394. The van der Waals surface area contributed by atoms with E-state index < -0.39 is 11.2 Å². The quantitative estimate of drug-likeness (QED) is 0.619. The van der Waals surface area contributed by atoms with E-state index >= 15 is 0 Å². The Morgan fingerprint density at radius 3 is 2.82 bits per heavy atom. The molecule has 0 radical (unpaired) electrons. The number of rotatable bonds is 6. The van der Waals surface area contributed by atoms with Crippen LogP contribution in [0.15, 0.2) is 27.6 Å². The van der Waals surface area contributed by atoms with Crippen LogP contribution in [0.3, 0.4) is 0 Å². The number of carbonyl (C=O) groups is 1. The average Bonchev–Trinajstić information content (AvgIpc) is 2.26. The first-order chi connectivity index (χ1) is 8.04. The molecule has 0 aliphatic rings. The highest BCUT2D eigenvalue weighted by atomic mass is 79.9. The molecule has 0 saturated heterocycles. The average molecular weight is 318 g/mol. The number of unbranched alkanes of at least 4 members (excludes halogenated alkanes) is 1. The summed E-state index contributed by atoms with van der Waals surface area (Å²) in [5, 5.41) is 8.75.